The number of carbonyl (C=O) groups is 1. The van der Waals surface area contributed by atoms with E-state index in [-0.39, 0.29) is 29.9 Å². The van der Waals surface area contributed by atoms with Crippen LogP contribution in [-0.2, 0) is 10.0 Å². The van der Waals surface area contributed by atoms with Gasteiger partial charge in [0.15, 0.2) is 5.78 Å². The summed E-state index contributed by atoms with van der Waals surface area (Å²) >= 11 is 0. The van der Waals surface area contributed by atoms with Crippen LogP contribution in [0.4, 0.5) is 0 Å². The first-order valence-corrected chi connectivity index (χ1v) is 8.56. The fourth-order valence-electron chi connectivity index (χ4n) is 2.30. The van der Waals surface area contributed by atoms with Gasteiger partial charge in [-0.25, -0.2) is 8.42 Å². The predicted molar refractivity (Wildman–Crippen MR) is 81.8 cm³/mol. The Labute approximate surface area is 126 Å². The maximum absolute atomic E-state index is 12.8. The van der Waals surface area contributed by atoms with Crippen LogP contribution in [-0.4, -0.2) is 42.8 Å². The summed E-state index contributed by atoms with van der Waals surface area (Å²) in [6, 6.07) is 5.87. The SMILES string of the molecule is CCC(CC)N(CCO)S(=O)(=O)c1cccc(C(C)=O)c1. The van der Waals surface area contributed by atoms with E-state index < -0.39 is 10.0 Å². The largest absolute Gasteiger partial charge is 0.395 e. The molecule has 0 amide bonds. The molecule has 1 aromatic rings. The number of aliphatic hydroxyl groups excluding tert-OH is 1. The number of hydrogen-bond donors (Lipinski definition) is 1. The molecule has 1 aromatic carbocycles. The number of ketones is 1. The summed E-state index contributed by atoms with van der Waals surface area (Å²) < 4.78 is 26.8. The lowest BCUT2D eigenvalue weighted by Gasteiger charge is -2.29. The van der Waals surface area contributed by atoms with Crippen molar-refractivity contribution in [2.45, 2.75) is 44.6 Å². The van der Waals surface area contributed by atoms with E-state index in [1.54, 1.807) is 12.1 Å². The van der Waals surface area contributed by atoms with Crippen molar-refractivity contribution < 1.29 is 18.3 Å². The minimum atomic E-state index is -3.72. The van der Waals surface area contributed by atoms with E-state index in [9.17, 15) is 13.2 Å². The molecule has 0 saturated heterocycles. The lowest BCUT2D eigenvalue weighted by molar-refractivity contribution is 0.101. The summed E-state index contributed by atoms with van der Waals surface area (Å²) in [5.41, 5.74) is 0.365. The number of nitrogens with zero attached hydrogens (tertiary/aromatic N) is 1. The van der Waals surface area contributed by atoms with Gasteiger partial charge in [-0.1, -0.05) is 26.0 Å². The van der Waals surface area contributed by atoms with Gasteiger partial charge in [0.25, 0.3) is 0 Å². The molecule has 0 unspecified atom stereocenters. The molecule has 118 valence electrons. The lowest BCUT2D eigenvalue weighted by Crippen LogP contribution is -2.41. The minimum absolute atomic E-state index is 0.0545. The van der Waals surface area contributed by atoms with Gasteiger partial charge < -0.3 is 5.11 Å². The van der Waals surface area contributed by atoms with E-state index in [0.29, 0.717) is 18.4 Å². The molecule has 0 fully saturated rings. The van der Waals surface area contributed by atoms with Gasteiger partial charge >= 0.3 is 0 Å². The van der Waals surface area contributed by atoms with Gasteiger partial charge in [0.1, 0.15) is 0 Å². The monoisotopic (exact) mass is 313 g/mol. The van der Waals surface area contributed by atoms with E-state index in [1.165, 1.54) is 23.4 Å². The first-order chi connectivity index (χ1) is 9.88. The summed E-state index contributed by atoms with van der Waals surface area (Å²) in [5.74, 6) is -0.178. The van der Waals surface area contributed by atoms with E-state index in [0.717, 1.165) is 0 Å². The number of sulfonamides is 1. The Balaban J connectivity index is 3.28. The van der Waals surface area contributed by atoms with E-state index in [4.69, 9.17) is 5.11 Å². The first kappa shape index (κ1) is 17.8. The van der Waals surface area contributed by atoms with Crippen molar-refractivity contribution in [2.24, 2.45) is 0 Å². The fourth-order valence-corrected chi connectivity index (χ4v) is 4.11. The van der Waals surface area contributed by atoms with Gasteiger partial charge in [-0.15, -0.1) is 0 Å². The Kier molecular flexibility index (Phi) is 6.51. The summed E-state index contributed by atoms with van der Waals surface area (Å²) in [5, 5.41) is 9.17. The first-order valence-electron chi connectivity index (χ1n) is 7.12. The molecule has 5 nitrogen and oxygen atoms in total. The number of rotatable bonds is 8. The highest BCUT2D eigenvalue weighted by Gasteiger charge is 2.29. The van der Waals surface area contributed by atoms with Crippen LogP contribution in [0.5, 0.6) is 0 Å². The molecule has 0 aromatic heterocycles. The third-order valence-corrected chi connectivity index (χ3v) is 5.47. The summed E-state index contributed by atoms with van der Waals surface area (Å²) in [6.07, 6.45) is 1.34. The van der Waals surface area contributed by atoms with Crippen LogP contribution in [0.1, 0.15) is 44.0 Å². The Morgan fingerprint density at radius 1 is 1.29 bits per heavy atom. The minimum Gasteiger partial charge on any atom is -0.395 e. The van der Waals surface area contributed by atoms with Gasteiger partial charge in [-0.3, -0.25) is 4.79 Å². The van der Waals surface area contributed by atoms with Crippen molar-refractivity contribution in [1.29, 1.82) is 0 Å². The molecule has 21 heavy (non-hydrogen) atoms. The molecule has 0 radical (unpaired) electrons. The van der Waals surface area contributed by atoms with E-state index >= 15 is 0 Å². The Morgan fingerprint density at radius 3 is 2.38 bits per heavy atom. The van der Waals surface area contributed by atoms with Gasteiger partial charge in [-0.05, 0) is 31.9 Å². The van der Waals surface area contributed by atoms with Gasteiger partial charge in [0.05, 0.1) is 11.5 Å². The predicted octanol–water partition coefficient (Wildman–Crippen LogP) is 2.06. The summed E-state index contributed by atoms with van der Waals surface area (Å²) in [6.45, 7) is 5.05. The van der Waals surface area contributed by atoms with Crippen LogP contribution in [0.3, 0.4) is 0 Å². The molecule has 1 N–H and O–H groups in total. The van der Waals surface area contributed by atoms with Crippen LogP contribution in [0.15, 0.2) is 29.2 Å². The number of Topliss-reactive ketones (excluding diaryl/α,β-unsaturated/α-hetero) is 1. The van der Waals surface area contributed by atoms with Crippen molar-refractivity contribution in [2.75, 3.05) is 13.2 Å². The second kappa shape index (κ2) is 7.68. The third-order valence-electron chi connectivity index (χ3n) is 3.52. The third kappa shape index (κ3) is 4.12. The average Bonchev–Trinajstić information content (AvgIpc) is 2.47. The molecule has 1 rings (SSSR count). The molecular weight excluding hydrogens is 290 g/mol. The van der Waals surface area contributed by atoms with Gasteiger partial charge in [-0.2, -0.15) is 4.31 Å². The molecule has 0 bridgehead atoms. The maximum atomic E-state index is 12.8. The molecule has 0 aliphatic carbocycles. The normalized spacial score (nSPS) is 12.1. The fraction of sp³-hybridized carbons (Fsp3) is 0.533. The molecule has 0 atom stereocenters. The Hall–Kier alpha value is -1.24. The van der Waals surface area contributed by atoms with Crippen LogP contribution in [0.25, 0.3) is 0 Å². The van der Waals surface area contributed by atoms with E-state index in [2.05, 4.69) is 0 Å². The Bertz CT molecular complexity index is 579. The van der Waals surface area contributed by atoms with Crippen molar-refractivity contribution in [3.8, 4) is 0 Å². The number of hydrogen-bond acceptors (Lipinski definition) is 4. The van der Waals surface area contributed by atoms with Crippen molar-refractivity contribution in [1.82, 2.24) is 4.31 Å². The zero-order valence-electron chi connectivity index (χ0n) is 12.7. The number of carbonyl (C=O) groups excluding carboxylic acids is 1. The second-order valence-electron chi connectivity index (χ2n) is 4.89. The molecule has 0 saturated carbocycles. The highest BCUT2D eigenvalue weighted by atomic mass is 32.2. The van der Waals surface area contributed by atoms with Crippen LogP contribution >= 0.6 is 0 Å². The van der Waals surface area contributed by atoms with Crippen LogP contribution in [0.2, 0.25) is 0 Å². The smallest absolute Gasteiger partial charge is 0.243 e. The quantitative estimate of drug-likeness (QED) is 0.746. The Morgan fingerprint density at radius 2 is 1.90 bits per heavy atom. The molecule has 6 heteroatoms. The van der Waals surface area contributed by atoms with Crippen molar-refractivity contribution >= 4 is 15.8 Å². The molecule has 0 aliphatic heterocycles. The lowest BCUT2D eigenvalue weighted by atomic mass is 10.2. The van der Waals surface area contributed by atoms with Crippen LogP contribution in [0, 0.1) is 0 Å². The topological polar surface area (TPSA) is 74.7 Å². The zero-order valence-corrected chi connectivity index (χ0v) is 13.6. The van der Waals surface area contributed by atoms with Gasteiger partial charge in [0.2, 0.25) is 10.0 Å². The number of benzene rings is 1. The van der Waals surface area contributed by atoms with Gasteiger partial charge in [0, 0.05) is 18.2 Å². The molecule has 0 aliphatic rings. The standard InChI is InChI=1S/C15H23NO4S/c1-4-14(5-2)16(9-10-17)21(19,20)15-8-6-7-13(11-15)12(3)18/h6-8,11,14,17H,4-5,9-10H2,1-3H3. The maximum Gasteiger partial charge on any atom is 0.243 e. The highest BCUT2D eigenvalue weighted by molar-refractivity contribution is 7.89. The van der Waals surface area contributed by atoms with Crippen molar-refractivity contribution in [3.63, 3.8) is 0 Å². The highest BCUT2D eigenvalue weighted by Crippen LogP contribution is 2.22. The molecular formula is C15H23NO4S. The molecule has 0 heterocycles. The molecule has 0 spiro atoms. The van der Waals surface area contributed by atoms with Crippen molar-refractivity contribution in [3.05, 3.63) is 29.8 Å². The number of aliphatic hydroxyl groups is 1. The summed E-state index contributed by atoms with van der Waals surface area (Å²) in [7, 11) is -3.72. The summed E-state index contributed by atoms with van der Waals surface area (Å²) in [4.78, 5) is 11.5. The second-order valence-corrected chi connectivity index (χ2v) is 6.78. The zero-order chi connectivity index (χ0) is 16.0. The van der Waals surface area contributed by atoms with E-state index in [1.807, 2.05) is 13.8 Å². The van der Waals surface area contributed by atoms with Crippen LogP contribution < -0.4 is 0 Å². The average molecular weight is 313 g/mol.